The molecule has 140 valence electrons. The molecule has 0 saturated carbocycles. The van der Waals surface area contributed by atoms with E-state index in [1.54, 1.807) is 0 Å². The number of carboxylic acids is 3. The molecule has 5 N–H and O–H groups in total. The molecule has 0 bridgehead atoms. The molecule has 0 radical (unpaired) electrons. The van der Waals surface area contributed by atoms with E-state index < -0.39 is 36.2 Å². The van der Waals surface area contributed by atoms with E-state index in [2.05, 4.69) is 7.05 Å². The van der Waals surface area contributed by atoms with Crippen molar-refractivity contribution in [3.05, 3.63) is 0 Å². The molecule has 24 heavy (non-hydrogen) atoms. The van der Waals surface area contributed by atoms with E-state index in [-0.39, 0.29) is 6.61 Å². The monoisotopic (exact) mass is 352 g/mol. The second-order valence-corrected chi connectivity index (χ2v) is 5.35. The average Bonchev–Trinajstić information content (AvgIpc) is 2.52. The van der Waals surface area contributed by atoms with E-state index in [9.17, 15) is 19.5 Å². The smallest absolute Gasteiger partial charge is 0.335 e. The maximum absolute atomic E-state index is 10.9. The fourth-order valence-corrected chi connectivity index (χ4v) is 1.97. The van der Waals surface area contributed by atoms with E-state index in [1.165, 1.54) is 12.0 Å². The second-order valence-electron chi connectivity index (χ2n) is 5.35. The van der Waals surface area contributed by atoms with Gasteiger partial charge in [-0.15, -0.1) is 0 Å². The molecule has 0 spiro atoms. The highest BCUT2D eigenvalue weighted by Gasteiger charge is 2.29. The Morgan fingerprint density at radius 1 is 1.12 bits per heavy atom. The summed E-state index contributed by atoms with van der Waals surface area (Å²) in [7, 11) is 3.67. The number of likely N-dealkylation sites (N-methyl/N-ethyl adjacent to an activating group) is 1. The highest BCUT2D eigenvalue weighted by Crippen LogP contribution is 2.01. The van der Waals surface area contributed by atoms with Crippen molar-refractivity contribution in [1.29, 1.82) is 0 Å². The number of aliphatic hydroxyl groups is 2. The standard InChI is InChI=1S/C9H18N2O3.C4H6O6/c1-10-3-5-11(6-4-10)8(7-14-2)9(12)13;5-1(3(7)8)2(6)4(9)10/h8H,3-7H2,1-2H3,(H,12,13);1-2,5-6H,(H,7,8)(H,9,10)/t8-;1-,2-/m11/s1. The van der Waals surface area contributed by atoms with Gasteiger partial charge in [-0.3, -0.25) is 9.69 Å². The number of methoxy groups -OCH3 is 1. The fourth-order valence-electron chi connectivity index (χ4n) is 1.97. The van der Waals surface area contributed by atoms with Gasteiger partial charge in [0.25, 0.3) is 0 Å². The van der Waals surface area contributed by atoms with Crippen molar-refractivity contribution in [3.63, 3.8) is 0 Å². The van der Waals surface area contributed by atoms with E-state index in [4.69, 9.17) is 25.2 Å². The van der Waals surface area contributed by atoms with Crippen LogP contribution in [0.4, 0.5) is 0 Å². The van der Waals surface area contributed by atoms with Crippen LogP contribution in [-0.4, -0.2) is 108 Å². The minimum Gasteiger partial charge on any atom is -0.547 e. The maximum Gasteiger partial charge on any atom is 0.335 e. The summed E-state index contributed by atoms with van der Waals surface area (Å²) in [6.07, 6.45) is -4.71. The number of nitrogens with zero attached hydrogens (tertiary/aromatic N) is 1. The van der Waals surface area contributed by atoms with Crippen LogP contribution in [0.5, 0.6) is 0 Å². The van der Waals surface area contributed by atoms with Crippen molar-refractivity contribution in [2.75, 3.05) is 46.9 Å². The molecule has 1 fully saturated rings. The normalized spacial score (nSPS) is 19.5. The summed E-state index contributed by atoms with van der Waals surface area (Å²) in [5, 5.41) is 43.1. The number of hydrogen-bond acceptors (Lipinski definition) is 8. The molecule has 0 aromatic carbocycles. The van der Waals surface area contributed by atoms with Crippen LogP contribution in [0.2, 0.25) is 0 Å². The molecule has 1 aliphatic rings. The summed E-state index contributed by atoms with van der Waals surface area (Å²) in [5.74, 6) is -4.61. The number of carbonyl (C=O) groups excluding carboxylic acids is 1. The summed E-state index contributed by atoms with van der Waals surface area (Å²) in [6, 6.07) is -0.479. The number of piperazine rings is 1. The van der Waals surface area contributed by atoms with E-state index in [0.29, 0.717) is 0 Å². The molecule has 3 atom stereocenters. The first-order valence-electron chi connectivity index (χ1n) is 7.18. The molecule has 0 unspecified atom stereocenters. The van der Waals surface area contributed by atoms with Gasteiger partial charge in [-0.05, 0) is 0 Å². The zero-order valence-corrected chi connectivity index (χ0v) is 13.5. The molecule has 1 aliphatic heterocycles. The van der Waals surface area contributed by atoms with Gasteiger partial charge in [0.2, 0.25) is 0 Å². The summed E-state index contributed by atoms with van der Waals surface area (Å²) < 4.78 is 4.92. The molecule has 0 aromatic heterocycles. The number of carbonyl (C=O) groups is 3. The Morgan fingerprint density at radius 3 is 1.92 bits per heavy atom. The molecule has 1 rings (SSSR count). The minimum absolute atomic E-state index is 0.272. The van der Waals surface area contributed by atoms with Crippen molar-refractivity contribution in [3.8, 4) is 0 Å². The van der Waals surface area contributed by atoms with E-state index in [1.807, 2.05) is 4.90 Å². The molecule has 0 amide bonds. The third-order valence-electron chi connectivity index (χ3n) is 3.50. The van der Waals surface area contributed by atoms with Crippen LogP contribution in [0.15, 0.2) is 0 Å². The Labute approximate surface area is 138 Å². The van der Waals surface area contributed by atoms with Crippen molar-refractivity contribution in [1.82, 2.24) is 4.90 Å². The first-order valence-corrected chi connectivity index (χ1v) is 7.18. The van der Waals surface area contributed by atoms with E-state index >= 15 is 0 Å². The first-order chi connectivity index (χ1) is 11.1. The van der Waals surface area contributed by atoms with Gasteiger partial charge in [-0.2, -0.15) is 0 Å². The summed E-state index contributed by atoms with van der Waals surface area (Å²) in [4.78, 5) is 33.8. The van der Waals surface area contributed by atoms with Gasteiger partial charge >= 0.3 is 11.9 Å². The molecular formula is C13H24N2O9. The van der Waals surface area contributed by atoms with Crippen molar-refractivity contribution in [2.45, 2.75) is 18.2 Å². The minimum atomic E-state index is -2.38. The van der Waals surface area contributed by atoms with Crippen molar-refractivity contribution >= 4 is 17.9 Å². The van der Waals surface area contributed by atoms with Crippen LogP contribution in [-0.2, 0) is 19.1 Å². The van der Waals surface area contributed by atoms with Crippen molar-refractivity contribution in [2.24, 2.45) is 0 Å². The highest BCUT2D eigenvalue weighted by molar-refractivity contribution is 5.82. The predicted molar refractivity (Wildman–Crippen MR) is 76.1 cm³/mol. The molecule has 0 aliphatic carbocycles. The zero-order valence-electron chi connectivity index (χ0n) is 13.5. The summed E-state index contributed by atoms with van der Waals surface area (Å²) >= 11 is 0. The van der Waals surface area contributed by atoms with Gasteiger partial charge < -0.3 is 40.0 Å². The van der Waals surface area contributed by atoms with Gasteiger partial charge in [-0.25, -0.2) is 4.79 Å². The Hall–Kier alpha value is -1.79. The first kappa shape index (κ1) is 22.2. The molecule has 1 heterocycles. The lowest BCUT2D eigenvalue weighted by atomic mass is 10.2. The lowest BCUT2D eigenvalue weighted by Gasteiger charge is -2.33. The van der Waals surface area contributed by atoms with Crippen LogP contribution in [0, 0.1) is 0 Å². The van der Waals surface area contributed by atoms with Crippen LogP contribution in [0.3, 0.4) is 0 Å². The SMILES string of the molecule is COC[C@H](C(=O)O)N1CC[NH+](C)CC1.O=C([O-])[C@H](O)[C@@H](O)C(=O)O. The van der Waals surface area contributed by atoms with Gasteiger partial charge in [0.05, 0.1) is 32.7 Å². The Balaban J connectivity index is 0.000000470. The fraction of sp³-hybridized carbons (Fsp3) is 0.769. The largest absolute Gasteiger partial charge is 0.547 e. The van der Waals surface area contributed by atoms with E-state index in [0.717, 1.165) is 26.2 Å². The Bertz CT molecular complexity index is 406. The highest BCUT2D eigenvalue weighted by atomic mass is 16.5. The summed E-state index contributed by atoms with van der Waals surface area (Å²) in [6.45, 7) is 3.97. The maximum atomic E-state index is 10.9. The van der Waals surface area contributed by atoms with Crippen molar-refractivity contribution < 1.29 is 49.6 Å². The number of carboxylic acid groups (broad SMARTS) is 3. The zero-order chi connectivity index (χ0) is 18.9. The lowest BCUT2D eigenvalue weighted by molar-refractivity contribution is -0.884. The molecular weight excluding hydrogens is 328 g/mol. The number of ether oxygens (including phenoxy) is 1. The number of nitrogens with one attached hydrogen (secondary N) is 1. The van der Waals surface area contributed by atoms with Gasteiger partial charge in [0.15, 0.2) is 6.10 Å². The topological polar surface area (TPSA) is 172 Å². The van der Waals surface area contributed by atoms with Crippen LogP contribution in [0.25, 0.3) is 0 Å². The third kappa shape index (κ3) is 7.66. The van der Waals surface area contributed by atoms with Gasteiger partial charge in [0.1, 0.15) is 12.1 Å². The number of hydrogen-bond donors (Lipinski definition) is 5. The number of aliphatic carboxylic acids is 3. The third-order valence-corrected chi connectivity index (χ3v) is 3.50. The van der Waals surface area contributed by atoms with Crippen LogP contribution >= 0.6 is 0 Å². The predicted octanol–water partition coefficient (Wildman–Crippen LogP) is -5.54. The Kier molecular flexibility index (Phi) is 10.1. The quantitative estimate of drug-likeness (QED) is 0.297. The van der Waals surface area contributed by atoms with Crippen LogP contribution in [0.1, 0.15) is 0 Å². The number of rotatable bonds is 7. The van der Waals surface area contributed by atoms with Gasteiger partial charge in [0, 0.05) is 20.2 Å². The molecule has 0 aromatic rings. The molecule has 11 nitrogen and oxygen atoms in total. The number of quaternary nitrogens is 1. The number of aliphatic hydroxyl groups excluding tert-OH is 2. The lowest BCUT2D eigenvalue weighted by Crippen LogP contribution is -3.12. The second kappa shape index (κ2) is 10.9. The molecule has 11 heteroatoms. The average molecular weight is 352 g/mol. The van der Waals surface area contributed by atoms with Gasteiger partial charge in [-0.1, -0.05) is 0 Å². The Morgan fingerprint density at radius 2 is 1.62 bits per heavy atom. The molecule has 1 saturated heterocycles. The summed E-state index contributed by atoms with van der Waals surface area (Å²) in [5.41, 5.74) is 0. The van der Waals surface area contributed by atoms with Crippen LogP contribution < -0.4 is 10.0 Å².